The predicted octanol–water partition coefficient (Wildman–Crippen LogP) is 5.27. The number of benzene rings is 2. The van der Waals surface area contributed by atoms with E-state index in [9.17, 15) is 0 Å². The molecule has 0 aliphatic heterocycles. The summed E-state index contributed by atoms with van der Waals surface area (Å²) < 4.78 is 5.29. The quantitative estimate of drug-likeness (QED) is 0.830. The van der Waals surface area contributed by atoms with Gasteiger partial charge >= 0.3 is 0 Å². The van der Waals surface area contributed by atoms with E-state index in [-0.39, 0.29) is 0 Å². The minimum absolute atomic E-state index is 0.527. The van der Waals surface area contributed by atoms with Crippen LogP contribution in [0.25, 0.3) is 0 Å². The maximum Gasteiger partial charge on any atom is 0.125 e. The van der Waals surface area contributed by atoms with Crippen molar-refractivity contribution < 1.29 is 4.74 Å². The summed E-state index contributed by atoms with van der Waals surface area (Å²) >= 11 is 18.1. The highest BCUT2D eigenvalue weighted by Gasteiger charge is 2.07. The van der Waals surface area contributed by atoms with Gasteiger partial charge in [-0.15, -0.1) is 0 Å². The molecule has 0 radical (unpaired) electrons. The molecule has 100 valence electrons. The van der Waals surface area contributed by atoms with Crippen LogP contribution in [0.4, 0.5) is 5.69 Å². The van der Waals surface area contributed by atoms with E-state index < -0.39 is 0 Å². The molecule has 0 amide bonds. The Bertz CT molecular complexity index is 567. The number of hydrogen-bond donors (Lipinski definition) is 1. The van der Waals surface area contributed by atoms with Crippen LogP contribution in [0.15, 0.2) is 36.4 Å². The van der Waals surface area contributed by atoms with Crippen LogP contribution in [0, 0.1) is 0 Å². The van der Waals surface area contributed by atoms with E-state index in [2.05, 4.69) is 5.32 Å². The van der Waals surface area contributed by atoms with E-state index >= 15 is 0 Å². The van der Waals surface area contributed by atoms with Crippen molar-refractivity contribution in [1.29, 1.82) is 0 Å². The Labute approximate surface area is 127 Å². The lowest BCUT2D eigenvalue weighted by atomic mass is 10.2. The molecule has 19 heavy (non-hydrogen) atoms. The van der Waals surface area contributed by atoms with Crippen LogP contribution in [-0.4, -0.2) is 7.11 Å². The van der Waals surface area contributed by atoms with E-state index in [4.69, 9.17) is 39.5 Å². The Morgan fingerprint density at radius 1 is 1.05 bits per heavy atom. The average molecular weight is 317 g/mol. The molecule has 0 aromatic heterocycles. The maximum atomic E-state index is 6.16. The van der Waals surface area contributed by atoms with Gasteiger partial charge in [0.2, 0.25) is 0 Å². The molecule has 0 fully saturated rings. The Morgan fingerprint density at radius 2 is 1.74 bits per heavy atom. The topological polar surface area (TPSA) is 21.3 Å². The van der Waals surface area contributed by atoms with Crippen LogP contribution in [0.3, 0.4) is 0 Å². The Kier molecular flexibility index (Phi) is 4.81. The third-order valence-corrected chi connectivity index (χ3v) is 3.42. The molecule has 1 N–H and O–H groups in total. The van der Waals surface area contributed by atoms with Gasteiger partial charge in [-0.1, -0.05) is 40.9 Å². The number of ether oxygens (including phenoxy) is 1. The number of methoxy groups -OCH3 is 1. The average Bonchev–Trinajstić information content (AvgIpc) is 2.36. The van der Waals surface area contributed by atoms with Crippen molar-refractivity contribution in [3.63, 3.8) is 0 Å². The predicted molar refractivity (Wildman–Crippen MR) is 81.8 cm³/mol. The van der Waals surface area contributed by atoms with Gasteiger partial charge in [0.1, 0.15) is 5.75 Å². The van der Waals surface area contributed by atoms with Crippen molar-refractivity contribution in [3.8, 4) is 5.75 Å². The van der Waals surface area contributed by atoms with Crippen molar-refractivity contribution in [2.45, 2.75) is 6.54 Å². The van der Waals surface area contributed by atoms with Gasteiger partial charge in [-0.2, -0.15) is 0 Å². The molecule has 2 aromatic rings. The molecule has 5 heteroatoms. The number of halogens is 3. The van der Waals surface area contributed by atoms with Crippen molar-refractivity contribution in [3.05, 3.63) is 57.0 Å². The molecule has 0 spiro atoms. The molecule has 0 atom stereocenters. The zero-order chi connectivity index (χ0) is 13.8. The van der Waals surface area contributed by atoms with Gasteiger partial charge in [-0.25, -0.2) is 0 Å². The monoisotopic (exact) mass is 315 g/mol. The van der Waals surface area contributed by atoms with Gasteiger partial charge in [0, 0.05) is 32.9 Å². The highest BCUT2D eigenvalue weighted by Crippen LogP contribution is 2.28. The minimum Gasteiger partial charge on any atom is -0.496 e. The van der Waals surface area contributed by atoms with Crippen molar-refractivity contribution >= 4 is 40.5 Å². The first-order valence-electron chi connectivity index (χ1n) is 5.61. The summed E-state index contributed by atoms with van der Waals surface area (Å²) in [5, 5.41) is 5.05. The van der Waals surface area contributed by atoms with Gasteiger partial charge < -0.3 is 10.1 Å². The summed E-state index contributed by atoms with van der Waals surface area (Å²) in [6.07, 6.45) is 0. The van der Waals surface area contributed by atoms with Crippen molar-refractivity contribution in [1.82, 2.24) is 0 Å². The van der Waals surface area contributed by atoms with Crippen LogP contribution in [-0.2, 0) is 6.54 Å². The minimum atomic E-state index is 0.527. The fourth-order valence-corrected chi connectivity index (χ4v) is 2.51. The van der Waals surface area contributed by atoms with E-state index in [0.717, 1.165) is 17.0 Å². The summed E-state index contributed by atoms with van der Waals surface area (Å²) in [4.78, 5) is 0. The Morgan fingerprint density at radius 3 is 2.37 bits per heavy atom. The molecule has 0 unspecified atom stereocenters. The molecule has 0 saturated heterocycles. The molecule has 2 aromatic carbocycles. The van der Waals surface area contributed by atoms with Crippen LogP contribution in [0.1, 0.15) is 5.56 Å². The lowest BCUT2D eigenvalue weighted by Crippen LogP contribution is -2.02. The van der Waals surface area contributed by atoms with E-state index in [1.165, 1.54) is 0 Å². The number of nitrogens with one attached hydrogen (secondary N) is 1. The zero-order valence-electron chi connectivity index (χ0n) is 10.2. The molecule has 2 rings (SSSR count). The normalized spacial score (nSPS) is 10.3. The Balaban J connectivity index is 2.18. The highest BCUT2D eigenvalue weighted by atomic mass is 35.5. The fourth-order valence-electron chi connectivity index (χ4n) is 1.75. The van der Waals surface area contributed by atoms with Gasteiger partial charge in [0.25, 0.3) is 0 Å². The van der Waals surface area contributed by atoms with Crippen LogP contribution in [0.5, 0.6) is 5.75 Å². The maximum absolute atomic E-state index is 6.16. The summed E-state index contributed by atoms with van der Waals surface area (Å²) in [7, 11) is 1.62. The van der Waals surface area contributed by atoms with Crippen LogP contribution < -0.4 is 10.1 Å². The smallest absolute Gasteiger partial charge is 0.125 e. The van der Waals surface area contributed by atoms with E-state index in [1.807, 2.05) is 18.2 Å². The van der Waals surface area contributed by atoms with E-state index in [0.29, 0.717) is 21.6 Å². The largest absolute Gasteiger partial charge is 0.496 e. The van der Waals surface area contributed by atoms with Gasteiger partial charge in [-0.05, 0) is 30.3 Å². The number of hydrogen-bond acceptors (Lipinski definition) is 2. The molecule has 0 heterocycles. The molecule has 2 nitrogen and oxygen atoms in total. The molecule has 0 aliphatic carbocycles. The number of anilines is 1. The third-order valence-electron chi connectivity index (χ3n) is 2.63. The second-order valence-corrected chi connectivity index (χ2v) is 5.21. The number of rotatable bonds is 4. The summed E-state index contributed by atoms with van der Waals surface area (Å²) in [6, 6.07) is 10.8. The first-order chi connectivity index (χ1) is 9.10. The second kappa shape index (κ2) is 6.38. The third kappa shape index (κ3) is 3.69. The lowest BCUT2D eigenvalue weighted by molar-refractivity contribution is 0.410. The summed E-state index contributed by atoms with van der Waals surface area (Å²) in [6.45, 7) is 0.527. The second-order valence-electron chi connectivity index (χ2n) is 3.93. The first kappa shape index (κ1) is 14.3. The zero-order valence-corrected chi connectivity index (χ0v) is 12.5. The lowest BCUT2D eigenvalue weighted by Gasteiger charge is -2.12. The van der Waals surface area contributed by atoms with Crippen LogP contribution in [0.2, 0.25) is 15.1 Å². The molecular formula is C14H12Cl3NO. The van der Waals surface area contributed by atoms with Crippen LogP contribution >= 0.6 is 34.8 Å². The van der Waals surface area contributed by atoms with Crippen molar-refractivity contribution in [2.24, 2.45) is 0 Å². The highest BCUT2D eigenvalue weighted by molar-refractivity contribution is 6.35. The van der Waals surface area contributed by atoms with Gasteiger partial charge in [0.15, 0.2) is 0 Å². The Hall–Kier alpha value is -1.09. The van der Waals surface area contributed by atoms with Gasteiger partial charge in [0.05, 0.1) is 7.11 Å². The molecule has 0 aliphatic rings. The molecular weight excluding hydrogens is 305 g/mol. The molecule has 0 bridgehead atoms. The van der Waals surface area contributed by atoms with E-state index in [1.54, 1.807) is 25.3 Å². The van der Waals surface area contributed by atoms with Gasteiger partial charge in [-0.3, -0.25) is 0 Å². The first-order valence-corrected chi connectivity index (χ1v) is 6.75. The fraction of sp³-hybridized carbons (Fsp3) is 0.143. The summed E-state index contributed by atoms with van der Waals surface area (Å²) in [5.74, 6) is 0.744. The molecule has 0 saturated carbocycles. The SMILES string of the molecule is COc1cccc(Cl)c1CNc1cc(Cl)cc(Cl)c1. The van der Waals surface area contributed by atoms with Crippen molar-refractivity contribution in [2.75, 3.05) is 12.4 Å². The summed E-state index contributed by atoms with van der Waals surface area (Å²) in [5.41, 5.74) is 1.72. The standard InChI is InChI=1S/C14H12Cl3NO/c1-19-14-4-2-3-13(17)12(14)8-18-11-6-9(15)5-10(16)7-11/h2-7,18H,8H2,1H3.